The Bertz CT molecular complexity index is 556. The number of thioether (sulfide) groups is 1. The normalized spacial score (nSPS) is 18.1. The Morgan fingerprint density at radius 2 is 2.43 bits per heavy atom. The summed E-state index contributed by atoms with van der Waals surface area (Å²) in [6, 6.07) is 7.49. The number of nitrogens with zero attached hydrogens (tertiary/aromatic N) is 2. The van der Waals surface area contributed by atoms with Crippen molar-refractivity contribution in [3.05, 3.63) is 23.8 Å². The summed E-state index contributed by atoms with van der Waals surface area (Å²) in [6.45, 7) is 3.42. The van der Waals surface area contributed by atoms with Crippen molar-refractivity contribution in [1.82, 2.24) is 0 Å². The van der Waals surface area contributed by atoms with Gasteiger partial charge in [-0.2, -0.15) is 5.26 Å². The second-order valence-corrected chi connectivity index (χ2v) is 5.81. The number of anilines is 1. The van der Waals surface area contributed by atoms with Gasteiger partial charge in [-0.1, -0.05) is 13.0 Å². The zero-order chi connectivity index (χ0) is 15.2. The van der Waals surface area contributed by atoms with Crippen LogP contribution in [0.1, 0.15) is 12.5 Å². The van der Waals surface area contributed by atoms with Gasteiger partial charge in [-0.15, -0.1) is 11.8 Å². The third-order valence-electron chi connectivity index (χ3n) is 3.33. The van der Waals surface area contributed by atoms with Gasteiger partial charge in [0.2, 0.25) is 0 Å². The summed E-state index contributed by atoms with van der Waals surface area (Å²) in [5.74, 6) is 0.550. The molecule has 1 aliphatic heterocycles. The highest BCUT2D eigenvalue weighted by Crippen LogP contribution is 2.32. The van der Waals surface area contributed by atoms with Crippen LogP contribution in [-0.2, 0) is 14.3 Å². The summed E-state index contributed by atoms with van der Waals surface area (Å²) in [7, 11) is 1.36. The molecular formula is C15H18N2O3S. The van der Waals surface area contributed by atoms with Gasteiger partial charge in [-0.25, -0.2) is 4.79 Å². The average molecular weight is 306 g/mol. The highest BCUT2D eigenvalue weighted by atomic mass is 32.2. The van der Waals surface area contributed by atoms with Gasteiger partial charge in [-0.3, -0.25) is 0 Å². The second kappa shape index (κ2) is 7.34. The van der Waals surface area contributed by atoms with Gasteiger partial charge in [-0.05, 0) is 17.9 Å². The molecule has 1 unspecified atom stereocenters. The summed E-state index contributed by atoms with van der Waals surface area (Å²) in [5, 5.41) is 9.50. The summed E-state index contributed by atoms with van der Waals surface area (Å²) in [6.07, 6.45) is 0. The predicted molar refractivity (Wildman–Crippen MR) is 81.5 cm³/mol. The molecule has 0 saturated carbocycles. The van der Waals surface area contributed by atoms with Crippen LogP contribution in [0, 0.1) is 11.3 Å². The molecular weight excluding hydrogens is 288 g/mol. The van der Waals surface area contributed by atoms with E-state index in [9.17, 15) is 10.1 Å². The molecule has 0 N–H and O–H groups in total. The third kappa shape index (κ3) is 3.31. The number of rotatable bonds is 4. The largest absolute Gasteiger partial charge is 0.467 e. The number of carbonyl (C=O) groups excluding carboxylic acids is 1. The van der Waals surface area contributed by atoms with Crippen molar-refractivity contribution >= 4 is 23.4 Å². The summed E-state index contributed by atoms with van der Waals surface area (Å²) in [4.78, 5) is 14.8. The van der Waals surface area contributed by atoms with E-state index in [1.807, 2.05) is 30.0 Å². The van der Waals surface area contributed by atoms with E-state index in [-0.39, 0.29) is 12.6 Å². The highest BCUT2D eigenvalue weighted by molar-refractivity contribution is 7.99. The van der Waals surface area contributed by atoms with Gasteiger partial charge in [0.15, 0.2) is 6.04 Å². The number of carbonyl (C=O) groups is 1. The number of ether oxygens (including phenoxy) is 2. The lowest BCUT2D eigenvalue weighted by Crippen LogP contribution is -2.50. The minimum atomic E-state index is -0.502. The van der Waals surface area contributed by atoms with Crippen molar-refractivity contribution in [2.75, 3.05) is 37.5 Å². The van der Waals surface area contributed by atoms with Gasteiger partial charge in [0.05, 0.1) is 31.6 Å². The summed E-state index contributed by atoms with van der Waals surface area (Å²) < 4.78 is 10.2. The smallest absolute Gasteiger partial charge is 0.330 e. The predicted octanol–water partition coefficient (Wildman–Crippen LogP) is 2.05. The van der Waals surface area contributed by atoms with Crippen LogP contribution in [-0.4, -0.2) is 44.6 Å². The monoisotopic (exact) mass is 306 g/mol. The van der Waals surface area contributed by atoms with Crippen molar-refractivity contribution in [3.8, 4) is 6.07 Å². The number of hydrogen-bond donors (Lipinski definition) is 0. The molecule has 1 atom stereocenters. The van der Waals surface area contributed by atoms with E-state index in [1.165, 1.54) is 7.11 Å². The molecule has 1 saturated heterocycles. The Morgan fingerprint density at radius 3 is 3.10 bits per heavy atom. The molecule has 1 aromatic rings. The van der Waals surface area contributed by atoms with Crippen molar-refractivity contribution < 1.29 is 14.3 Å². The van der Waals surface area contributed by atoms with Gasteiger partial charge in [0, 0.05) is 11.4 Å². The first-order chi connectivity index (χ1) is 10.2. The Hall–Kier alpha value is -1.71. The van der Waals surface area contributed by atoms with Gasteiger partial charge in [0.1, 0.15) is 6.07 Å². The van der Waals surface area contributed by atoms with Crippen LogP contribution >= 0.6 is 11.8 Å². The van der Waals surface area contributed by atoms with E-state index < -0.39 is 6.04 Å². The molecule has 0 radical (unpaired) electrons. The zero-order valence-electron chi connectivity index (χ0n) is 12.2. The third-order valence-corrected chi connectivity index (χ3v) is 4.27. The fourth-order valence-electron chi connectivity index (χ4n) is 2.37. The van der Waals surface area contributed by atoms with Gasteiger partial charge < -0.3 is 14.4 Å². The number of methoxy groups -OCH3 is 1. The molecule has 5 nitrogen and oxygen atoms in total. The average Bonchev–Trinajstić information content (AvgIpc) is 2.54. The minimum Gasteiger partial charge on any atom is -0.467 e. The molecule has 0 amide bonds. The van der Waals surface area contributed by atoms with E-state index in [1.54, 1.807) is 11.8 Å². The first-order valence-electron chi connectivity index (χ1n) is 6.81. The van der Waals surface area contributed by atoms with Crippen LogP contribution in [0.15, 0.2) is 23.1 Å². The van der Waals surface area contributed by atoms with Crippen molar-refractivity contribution in [2.24, 2.45) is 0 Å². The fraction of sp³-hybridized carbons (Fsp3) is 0.467. The zero-order valence-corrected chi connectivity index (χ0v) is 13.0. The van der Waals surface area contributed by atoms with E-state index in [2.05, 4.69) is 6.07 Å². The minimum absolute atomic E-state index is 0.280. The second-order valence-electron chi connectivity index (χ2n) is 4.50. The quantitative estimate of drug-likeness (QED) is 0.627. The Balaban J connectivity index is 2.41. The fourth-order valence-corrected chi connectivity index (χ4v) is 3.15. The van der Waals surface area contributed by atoms with Crippen LogP contribution in [0.5, 0.6) is 0 Å². The Labute approximate surface area is 128 Å². The molecule has 21 heavy (non-hydrogen) atoms. The molecule has 112 valence electrons. The number of hydrogen-bond acceptors (Lipinski definition) is 6. The molecule has 0 bridgehead atoms. The van der Waals surface area contributed by atoms with Crippen molar-refractivity contribution in [2.45, 2.75) is 17.9 Å². The molecule has 1 aromatic carbocycles. The first kappa shape index (κ1) is 15.7. The molecule has 1 aliphatic rings. The number of nitriles is 1. The van der Waals surface area contributed by atoms with Crippen molar-refractivity contribution in [3.63, 3.8) is 0 Å². The van der Waals surface area contributed by atoms with E-state index in [0.717, 1.165) is 16.3 Å². The maximum absolute atomic E-state index is 11.9. The molecule has 1 heterocycles. The standard InChI is InChI=1S/C15H18N2O3S/c1-3-21-14-6-4-5-12(11(14)9-16)17-7-8-20-10-13(17)15(18)19-2/h4-6,13H,3,7-8,10H2,1-2H3. The Morgan fingerprint density at radius 1 is 1.62 bits per heavy atom. The van der Waals surface area contributed by atoms with E-state index >= 15 is 0 Å². The number of morpholine rings is 1. The number of benzene rings is 1. The van der Waals surface area contributed by atoms with Crippen LogP contribution in [0.2, 0.25) is 0 Å². The topological polar surface area (TPSA) is 62.6 Å². The maximum Gasteiger partial charge on any atom is 0.330 e. The molecule has 0 spiro atoms. The lowest BCUT2D eigenvalue weighted by Gasteiger charge is -2.36. The maximum atomic E-state index is 11.9. The van der Waals surface area contributed by atoms with Crippen molar-refractivity contribution in [1.29, 1.82) is 5.26 Å². The van der Waals surface area contributed by atoms with Crippen LogP contribution in [0.3, 0.4) is 0 Å². The lowest BCUT2D eigenvalue weighted by atomic mass is 10.1. The molecule has 1 fully saturated rings. The summed E-state index contributed by atoms with van der Waals surface area (Å²) in [5.41, 5.74) is 1.38. The SMILES string of the molecule is CCSc1cccc(N2CCOCC2C(=O)OC)c1C#N. The van der Waals surface area contributed by atoms with Crippen LogP contribution in [0.4, 0.5) is 5.69 Å². The molecule has 6 heteroatoms. The van der Waals surface area contributed by atoms with Gasteiger partial charge in [0.25, 0.3) is 0 Å². The van der Waals surface area contributed by atoms with E-state index in [4.69, 9.17) is 9.47 Å². The Kier molecular flexibility index (Phi) is 5.48. The van der Waals surface area contributed by atoms with Gasteiger partial charge >= 0.3 is 5.97 Å². The summed E-state index contributed by atoms with van der Waals surface area (Å²) >= 11 is 1.62. The number of esters is 1. The highest BCUT2D eigenvalue weighted by Gasteiger charge is 2.32. The first-order valence-corrected chi connectivity index (χ1v) is 7.79. The molecule has 2 rings (SSSR count). The van der Waals surface area contributed by atoms with Crippen LogP contribution in [0.25, 0.3) is 0 Å². The van der Waals surface area contributed by atoms with E-state index in [0.29, 0.717) is 18.7 Å². The molecule has 0 aromatic heterocycles. The lowest BCUT2D eigenvalue weighted by molar-refractivity contribution is -0.144. The van der Waals surface area contributed by atoms with Crippen LogP contribution < -0.4 is 4.90 Å². The molecule has 0 aliphatic carbocycles.